The van der Waals surface area contributed by atoms with Gasteiger partial charge in [-0.3, -0.25) is 0 Å². The minimum atomic E-state index is -1.41. The van der Waals surface area contributed by atoms with Crippen LogP contribution in [0.5, 0.6) is 0 Å². The number of nitrogens with one attached hydrogen (secondary N) is 1. The molecule has 12 saturated heterocycles. The van der Waals surface area contributed by atoms with E-state index in [0.29, 0.717) is 37.0 Å². The quantitative estimate of drug-likeness (QED) is 0.205. The highest BCUT2D eigenvalue weighted by Crippen LogP contribution is 2.64. The molecule has 15 fully saturated rings. The Hall–Kier alpha value is -1.33. The van der Waals surface area contributed by atoms with E-state index in [1.165, 1.54) is 0 Å². The third kappa shape index (κ3) is 8.05. The predicted octanol–water partition coefficient (Wildman–Crippen LogP) is 8.92. The molecule has 3 aliphatic carbocycles. The summed E-state index contributed by atoms with van der Waals surface area (Å²) in [6.45, 7) is 24.3. The molecule has 15 rings (SSSR count). The molecule has 408 valence electrons. The summed E-state index contributed by atoms with van der Waals surface area (Å²) < 4.78 is 68.5. The van der Waals surface area contributed by atoms with Gasteiger partial charge >= 0.3 is 6.09 Å². The zero-order valence-electron chi connectivity index (χ0n) is 44.9. The lowest BCUT2D eigenvalue weighted by Gasteiger charge is -2.60. The van der Waals surface area contributed by atoms with Crippen molar-refractivity contribution in [2.75, 3.05) is 19.8 Å². The minimum Gasteiger partial charge on any atom is -0.444 e. The normalized spacial score (nSPS) is 55.0. The Bertz CT molecular complexity index is 1850. The maximum Gasteiger partial charge on any atom is 0.408 e. The zero-order chi connectivity index (χ0) is 50.6. The first-order valence-corrected chi connectivity index (χ1v) is 28.0. The van der Waals surface area contributed by atoms with Gasteiger partial charge in [-0.25, -0.2) is 34.1 Å². The number of alkyl carbamates (subject to hydrolysis) is 1. The summed E-state index contributed by atoms with van der Waals surface area (Å²) in [5.74, 6) is -1.58. The van der Waals surface area contributed by atoms with Gasteiger partial charge in [0.15, 0.2) is 54.5 Å². The Morgan fingerprint density at radius 1 is 0.472 bits per heavy atom. The van der Waals surface area contributed by atoms with Crippen molar-refractivity contribution in [2.24, 2.45) is 71.0 Å². The van der Waals surface area contributed by atoms with E-state index in [2.05, 4.69) is 46.9 Å². The monoisotopic (exact) mass is 1020 g/mol. The number of hydrogen-bond acceptors (Lipinski definition) is 17. The van der Waals surface area contributed by atoms with Crippen molar-refractivity contribution in [3.05, 3.63) is 0 Å². The van der Waals surface area contributed by atoms with Gasteiger partial charge < -0.3 is 52.7 Å². The van der Waals surface area contributed by atoms with Gasteiger partial charge in [0.25, 0.3) is 0 Å². The maximum absolute atomic E-state index is 14.4. The van der Waals surface area contributed by atoms with Crippen molar-refractivity contribution in [3.8, 4) is 0 Å². The van der Waals surface area contributed by atoms with E-state index in [9.17, 15) is 4.79 Å². The van der Waals surface area contributed by atoms with Crippen LogP contribution in [-0.4, -0.2) is 109 Å². The number of carbonyl (C=O) groups excluding carboxylic acids is 1. The number of ether oxygens (including phenoxy) is 10. The first-order chi connectivity index (χ1) is 34.0. The highest BCUT2D eigenvalue weighted by Gasteiger charge is 2.73. The summed E-state index contributed by atoms with van der Waals surface area (Å²) in [6, 6.07) is 0. The van der Waals surface area contributed by atoms with Crippen molar-refractivity contribution in [1.29, 1.82) is 0 Å². The third-order valence-electron chi connectivity index (χ3n) is 20.6. The third-order valence-corrected chi connectivity index (χ3v) is 20.6. The van der Waals surface area contributed by atoms with Crippen LogP contribution in [-0.2, 0) is 76.7 Å². The van der Waals surface area contributed by atoms with Crippen molar-refractivity contribution >= 4 is 6.09 Å². The maximum atomic E-state index is 14.4. The molecular formula is C54H85NO17. The van der Waals surface area contributed by atoms with Crippen molar-refractivity contribution in [3.63, 3.8) is 0 Å². The van der Waals surface area contributed by atoms with Crippen LogP contribution in [0.3, 0.4) is 0 Å². The lowest BCUT2D eigenvalue weighted by Crippen LogP contribution is -2.71. The molecule has 18 heteroatoms. The van der Waals surface area contributed by atoms with Gasteiger partial charge in [-0.15, -0.1) is 0 Å². The van der Waals surface area contributed by atoms with E-state index in [-0.39, 0.29) is 73.1 Å². The fraction of sp³-hybridized carbons (Fsp3) is 0.981. The molecule has 1 amide bonds. The second kappa shape index (κ2) is 17.8. The standard InChI is InChI=1S/C54H85NO17/c1-28-13-16-37-31(4)40(60-43-52(37)34(28)19-22-48(10,63-43)67-70-52)57-25-51(55-46(56)66-47(7,8)9,26-58-41-32(5)38-17-14-29(2)35-20-23-49(11)64-44(61-41)53(35,38)71-68-49)27-59-42-33(6)39-18-15-30(3)36-21-24-50(12)65-45(62-42)54(36,39)72-69-50/h28-45H,13-27H2,1-12H3,(H,55,56)/t28-,29-,30-,31-,32-,33-,34+,35+,36+,37+,38+,39+,40?,41?,42?,43-,44-,45-,48?,49?,50?,51?,52-,53-,54-/m1/s1. The van der Waals surface area contributed by atoms with Crippen molar-refractivity contribution in [2.45, 2.75) is 243 Å². The van der Waals surface area contributed by atoms with Crippen LogP contribution in [0.2, 0.25) is 0 Å². The molecule has 1 N–H and O–H groups in total. The van der Waals surface area contributed by atoms with Crippen LogP contribution in [0, 0.1) is 71.0 Å². The second-order valence-electron chi connectivity index (χ2n) is 26.7. The molecule has 0 radical (unpaired) electrons. The molecular weight excluding hydrogens is 935 g/mol. The van der Waals surface area contributed by atoms with Gasteiger partial charge in [-0.2, -0.15) is 0 Å². The molecule has 0 aromatic heterocycles. The Morgan fingerprint density at radius 2 is 0.792 bits per heavy atom. The average molecular weight is 1020 g/mol. The highest BCUT2D eigenvalue weighted by molar-refractivity contribution is 5.69. The van der Waals surface area contributed by atoms with Crippen molar-refractivity contribution in [1.82, 2.24) is 5.32 Å². The fourth-order valence-electron chi connectivity index (χ4n) is 16.7. The van der Waals surface area contributed by atoms with Crippen LogP contribution in [0.25, 0.3) is 0 Å². The van der Waals surface area contributed by atoms with Gasteiger partial charge in [0.2, 0.25) is 17.4 Å². The SMILES string of the molecule is C[C@@H]1CC[C@H]2[C@@H](C)C(OCC(COC3O[C@@H]4OC5(C)CC[C@H]6[C@H](C)CC[C@@H]([C@H]3C)[C@@]46OO5)(COC3O[C@@H]4OC5(C)CC[C@H]6[C@H](C)CC[C@@H]([C@H]3C)[C@@]46OO5)NC(=O)OC(C)(C)C)O[C@@H]3OC4(C)CC[C@@H]1[C@]32OO4. The number of hydrogen-bond donors (Lipinski definition) is 1. The smallest absolute Gasteiger partial charge is 0.408 e. The van der Waals surface area contributed by atoms with Crippen LogP contribution < -0.4 is 5.32 Å². The molecule has 12 aliphatic heterocycles. The van der Waals surface area contributed by atoms with Gasteiger partial charge in [-0.1, -0.05) is 41.5 Å². The Labute approximate surface area is 425 Å². The fourth-order valence-corrected chi connectivity index (χ4v) is 16.7. The van der Waals surface area contributed by atoms with Crippen LogP contribution in [0.15, 0.2) is 0 Å². The molecule has 3 saturated carbocycles. The van der Waals surface area contributed by atoms with E-state index in [0.717, 1.165) is 57.8 Å². The second-order valence-corrected chi connectivity index (χ2v) is 26.7. The molecule has 3 spiro atoms. The van der Waals surface area contributed by atoms with Crippen LogP contribution >= 0.6 is 0 Å². The van der Waals surface area contributed by atoms with Gasteiger partial charge in [0.05, 0.1) is 19.8 Å². The van der Waals surface area contributed by atoms with Crippen LogP contribution in [0.1, 0.15) is 160 Å². The molecule has 72 heavy (non-hydrogen) atoms. The zero-order valence-corrected chi connectivity index (χ0v) is 44.9. The summed E-state index contributed by atoms with van der Waals surface area (Å²) in [6.07, 6.45) is 5.44. The highest BCUT2D eigenvalue weighted by atomic mass is 17.3. The summed E-state index contributed by atoms with van der Waals surface area (Å²) in [5, 5.41) is 3.26. The molecule has 0 aromatic rings. The predicted molar refractivity (Wildman–Crippen MR) is 250 cm³/mol. The summed E-state index contributed by atoms with van der Waals surface area (Å²) in [5.41, 5.74) is -4.60. The number of amides is 1. The lowest BCUT2D eigenvalue weighted by molar-refractivity contribution is -0.578. The van der Waals surface area contributed by atoms with Crippen LogP contribution in [0.4, 0.5) is 4.79 Å². The summed E-state index contributed by atoms with van der Waals surface area (Å²) in [4.78, 5) is 52.3. The summed E-state index contributed by atoms with van der Waals surface area (Å²) >= 11 is 0. The number of fused-ring (bicyclic) bond motifs is 6. The Balaban J connectivity index is 0.870. The summed E-state index contributed by atoms with van der Waals surface area (Å²) in [7, 11) is 0. The molecule has 15 aliphatic rings. The molecule has 12 heterocycles. The minimum absolute atomic E-state index is 0.00781. The van der Waals surface area contributed by atoms with Gasteiger partial charge in [-0.05, 0) is 135 Å². The first kappa shape index (κ1) is 51.4. The lowest BCUT2D eigenvalue weighted by atomic mass is 9.58. The first-order valence-electron chi connectivity index (χ1n) is 28.0. The topological polar surface area (TPSA) is 177 Å². The number of carbonyl (C=O) groups is 1. The molecule has 18 nitrogen and oxygen atoms in total. The Kier molecular flexibility index (Phi) is 12.7. The molecule has 24 atom stereocenters. The van der Waals surface area contributed by atoms with E-state index in [4.69, 9.17) is 76.7 Å². The van der Waals surface area contributed by atoms with E-state index >= 15 is 0 Å². The molecule has 0 aromatic carbocycles. The van der Waals surface area contributed by atoms with Gasteiger partial charge in [0, 0.05) is 54.8 Å². The number of rotatable bonds is 10. The van der Waals surface area contributed by atoms with E-state index in [1.54, 1.807) is 0 Å². The van der Waals surface area contributed by atoms with Gasteiger partial charge in [0.1, 0.15) is 11.1 Å². The van der Waals surface area contributed by atoms with E-state index in [1.807, 2.05) is 41.5 Å². The average Bonchev–Trinajstić information content (AvgIpc) is 3.80. The molecule has 6 unspecified atom stereocenters. The van der Waals surface area contributed by atoms with Crippen molar-refractivity contribution < 1.29 is 81.5 Å². The Morgan fingerprint density at radius 3 is 1.10 bits per heavy atom. The molecule has 6 bridgehead atoms. The largest absolute Gasteiger partial charge is 0.444 e. The van der Waals surface area contributed by atoms with E-state index < -0.39 is 89.1 Å².